The van der Waals surface area contributed by atoms with Gasteiger partial charge in [0.05, 0.1) is 13.2 Å². The second kappa shape index (κ2) is 42.8. The zero-order valence-electron chi connectivity index (χ0n) is 36.1. The van der Waals surface area contributed by atoms with E-state index < -0.39 is 32.5 Å². The lowest BCUT2D eigenvalue weighted by molar-refractivity contribution is -0.161. The van der Waals surface area contributed by atoms with Crippen LogP contribution in [0, 0.1) is 0 Å². The predicted octanol–water partition coefficient (Wildman–Crippen LogP) is 13.3. The number of unbranched alkanes of at least 4 members (excludes halogenated alkanes) is 24. The van der Waals surface area contributed by atoms with Gasteiger partial charge < -0.3 is 20.1 Å². The second-order valence-electron chi connectivity index (χ2n) is 15.3. The molecule has 0 saturated heterocycles. The Morgan fingerprint density at radius 2 is 0.929 bits per heavy atom. The summed E-state index contributed by atoms with van der Waals surface area (Å²) in [5.74, 6) is -0.840. The summed E-state index contributed by atoms with van der Waals surface area (Å²) in [5.41, 5.74) is 5.35. The van der Waals surface area contributed by atoms with E-state index in [4.69, 9.17) is 24.3 Å². The SMILES string of the molecule is CCCCCCC/C=C\C/C=C\CCCCCCCCCCCC(=O)OC(COC(=O)CCCCCCC/C=C\CCCCCCC)COP(=O)(O)OCCN. The zero-order chi connectivity index (χ0) is 41.1. The Kier molecular flexibility index (Phi) is 41.5. The molecule has 0 aliphatic heterocycles. The van der Waals surface area contributed by atoms with Crippen LogP contribution >= 0.6 is 7.82 Å². The van der Waals surface area contributed by atoms with Gasteiger partial charge in [0.1, 0.15) is 6.61 Å². The molecule has 0 bridgehead atoms. The number of ether oxygens (including phenoxy) is 2. The largest absolute Gasteiger partial charge is 0.472 e. The van der Waals surface area contributed by atoms with Crippen molar-refractivity contribution in [3.05, 3.63) is 36.5 Å². The summed E-state index contributed by atoms with van der Waals surface area (Å²) >= 11 is 0. The van der Waals surface area contributed by atoms with Gasteiger partial charge in [-0.1, -0.05) is 166 Å². The summed E-state index contributed by atoms with van der Waals surface area (Å²) in [6.07, 6.45) is 47.4. The maximum atomic E-state index is 12.6. The van der Waals surface area contributed by atoms with Crippen LogP contribution in [0.5, 0.6) is 0 Å². The van der Waals surface area contributed by atoms with Crippen LogP contribution in [-0.2, 0) is 32.7 Å². The Morgan fingerprint density at radius 1 is 0.536 bits per heavy atom. The fourth-order valence-corrected chi connectivity index (χ4v) is 7.07. The van der Waals surface area contributed by atoms with Crippen LogP contribution in [0.4, 0.5) is 0 Å². The normalized spacial score (nSPS) is 13.6. The summed E-state index contributed by atoms with van der Waals surface area (Å²) in [6, 6.07) is 0. The number of phosphoric ester groups is 1. The third-order valence-electron chi connectivity index (χ3n) is 9.75. The molecule has 0 aromatic rings. The minimum absolute atomic E-state index is 0.0515. The van der Waals surface area contributed by atoms with E-state index >= 15 is 0 Å². The van der Waals surface area contributed by atoms with E-state index in [0.717, 1.165) is 70.6 Å². The molecule has 0 radical (unpaired) electrons. The molecule has 2 unspecified atom stereocenters. The van der Waals surface area contributed by atoms with Crippen molar-refractivity contribution in [2.24, 2.45) is 5.73 Å². The molecule has 0 aromatic heterocycles. The maximum Gasteiger partial charge on any atom is 0.472 e. The van der Waals surface area contributed by atoms with Gasteiger partial charge in [0.2, 0.25) is 0 Å². The van der Waals surface area contributed by atoms with Crippen molar-refractivity contribution < 1.29 is 37.6 Å². The molecule has 0 amide bonds. The van der Waals surface area contributed by atoms with Crippen LogP contribution < -0.4 is 5.73 Å². The summed E-state index contributed by atoms with van der Waals surface area (Å²) in [6.45, 7) is 3.71. The first kappa shape index (κ1) is 54.2. The quantitative estimate of drug-likeness (QED) is 0.0267. The molecule has 0 rings (SSSR count). The number of esters is 2. The smallest absolute Gasteiger partial charge is 0.462 e. The van der Waals surface area contributed by atoms with Crippen molar-refractivity contribution in [1.29, 1.82) is 0 Å². The number of phosphoric acid groups is 1. The van der Waals surface area contributed by atoms with Crippen molar-refractivity contribution in [1.82, 2.24) is 0 Å². The molecule has 0 aromatic carbocycles. The van der Waals surface area contributed by atoms with Gasteiger partial charge in [-0.15, -0.1) is 0 Å². The number of nitrogens with two attached hydrogens (primary N) is 1. The Hall–Kier alpha value is -1.77. The predicted molar refractivity (Wildman–Crippen MR) is 234 cm³/mol. The van der Waals surface area contributed by atoms with E-state index in [1.807, 2.05) is 0 Å². The molecule has 3 N–H and O–H groups in total. The molecule has 0 fully saturated rings. The molecule has 0 heterocycles. The molecule has 2 atom stereocenters. The van der Waals surface area contributed by atoms with Crippen LogP contribution in [0.25, 0.3) is 0 Å². The average Bonchev–Trinajstić information content (AvgIpc) is 3.18. The van der Waals surface area contributed by atoms with E-state index in [0.29, 0.717) is 6.42 Å². The standard InChI is InChI=1S/C46H86NO8P/c1-3-5-7-9-11-13-15-17-19-20-21-22-23-24-25-27-29-31-33-35-37-39-46(49)55-44(43-54-56(50,51)53-41-40-47)42-52-45(48)38-36-34-32-30-28-26-18-16-14-12-10-8-6-4-2/h15-18,20-21,44H,3-14,19,22-43,47H2,1-2H3,(H,50,51)/b17-15-,18-16-,21-20-. The molecule has 328 valence electrons. The molecule has 9 nitrogen and oxygen atoms in total. The highest BCUT2D eigenvalue weighted by atomic mass is 31.2. The van der Waals surface area contributed by atoms with Crippen molar-refractivity contribution >= 4 is 19.8 Å². The van der Waals surface area contributed by atoms with E-state index in [9.17, 15) is 19.0 Å². The molecule has 0 aliphatic rings. The third-order valence-corrected chi connectivity index (χ3v) is 10.7. The van der Waals surface area contributed by atoms with Gasteiger partial charge in [-0.05, 0) is 70.6 Å². The van der Waals surface area contributed by atoms with Crippen LogP contribution in [0.15, 0.2) is 36.5 Å². The van der Waals surface area contributed by atoms with Gasteiger partial charge >= 0.3 is 19.8 Å². The molecular formula is C46H86NO8P. The van der Waals surface area contributed by atoms with Crippen molar-refractivity contribution in [3.8, 4) is 0 Å². The van der Waals surface area contributed by atoms with Gasteiger partial charge in [-0.2, -0.15) is 0 Å². The maximum absolute atomic E-state index is 12.6. The average molecular weight is 812 g/mol. The van der Waals surface area contributed by atoms with Crippen LogP contribution in [0.1, 0.15) is 213 Å². The van der Waals surface area contributed by atoms with Gasteiger partial charge in [-0.3, -0.25) is 18.6 Å². The van der Waals surface area contributed by atoms with E-state index in [1.165, 1.54) is 109 Å². The van der Waals surface area contributed by atoms with Crippen molar-refractivity contribution in [2.45, 2.75) is 219 Å². The lowest BCUT2D eigenvalue weighted by Gasteiger charge is -2.19. The molecule has 0 spiro atoms. The number of rotatable bonds is 43. The first-order chi connectivity index (χ1) is 27.3. The highest BCUT2D eigenvalue weighted by Gasteiger charge is 2.26. The van der Waals surface area contributed by atoms with Crippen molar-refractivity contribution in [3.63, 3.8) is 0 Å². The lowest BCUT2D eigenvalue weighted by Crippen LogP contribution is -2.29. The van der Waals surface area contributed by atoms with Gasteiger partial charge in [0.15, 0.2) is 6.10 Å². The molecule has 0 aliphatic carbocycles. The summed E-state index contributed by atoms with van der Waals surface area (Å²) < 4.78 is 32.8. The Balaban J connectivity index is 4.11. The lowest BCUT2D eigenvalue weighted by atomic mass is 10.1. The van der Waals surface area contributed by atoms with Gasteiger partial charge in [-0.25, -0.2) is 4.57 Å². The highest BCUT2D eigenvalue weighted by molar-refractivity contribution is 7.47. The minimum Gasteiger partial charge on any atom is -0.462 e. The fraction of sp³-hybridized carbons (Fsp3) is 0.826. The number of allylic oxidation sites excluding steroid dienone is 6. The third kappa shape index (κ3) is 41.9. The topological polar surface area (TPSA) is 134 Å². The molecule has 56 heavy (non-hydrogen) atoms. The monoisotopic (exact) mass is 812 g/mol. The van der Waals surface area contributed by atoms with Crippen LogP contribution in [0.2, 0.25) is 0 Å². The summed E-state index contributed by atoms with van der Waals surface area (Å²) in [7, 11) is -4.38. The van der Waals surface area contributed by atoms with E-state index in [1.54, 1.807) is 0 Å². The first-order valence-corrected chi connectivity index (χ1v) is 24.5. The number of carbonyl (C=O) groups is 2. The number of carbonyl (C=O) groups excluding carboxylic acids is 2. The van der Waals surface area contributed by atoms with E-state index in [-0.39, 0.29) is 32.6 Å². The molecule has 0 saturated carbocycles. The van der Waals surface area contributed by atoms with Crippen molar-refractivity contribution in [2.75, 3.05) is 26.4 Å². The number of hydrogen-bond donors (Lipinski definition) is 2. The molecular weight excluding hydrogens is 725 g/mol. The van der Waals surface area contributed by atoms with Gasteiger partial charge in [0, 0.05) is 19.4 Å². The van der Waals surface area contributed by atoms with Gasteiger partial charge in [0.25, 0.3) is 0 Å². The first-order valence-electron chi connectivity index (χ1n) is 23.0. The Labute approximate surface area is 344 Å². The zero-order valence-corrected chi connectivity index (χ0v) is 37.0. The summed E-state index contributed by atoms with van der Waals surface area (Å²) in [4.78, 5) is 34.9. The second-order valence-corrected chi connectivity index (χ2v) is 16.7. The van der Waals surface area contributed by atoms with Crippen LogP contribution in [0.3, 0.4) is 0 Å². The Morgan fingerprint density at radius 3 is 1.38 bits per heavy atom. The highest BCUT2D eigenvalue weighted by Crippen LogP contribution is 2.43. The fourth-order valence-electron chi connectivity index (χ4n) is 6.31. The minimum atomic E-state index is -4.38. The molecule has 10 heteroatoms. The van der Waals surface area contributed by atoms with E-state index in [2.05, 4.69) is 50.3 Å². The number of hydrogen-bond acceptors (Lipinski definition) is 8. The Bertz CT molecular complexity index is 1020. The van der Waals surface area contributed by atoms with Crippen LogP contribution in [-0.4, -0.2) is 49.3 Å². The summed E-state index contributed by atoms with van der Waals surface area (Å²) in [5, 5.41) is 0.